The molecule has 3 heteroatoms. The Hall–Kier alpha value is -2.81. The number of rotatable bonds is 1. The van der Waals surface area contributed by atoms with E-state index >= 15 is 0 Å². The maximum Gasteiger partial charge on any atom is 0.388 e. The highest BCUT2D eigenvalue weighted by molar-refractivity contribution is 5.97. The van der Waals surface area contributed by atoms with Crippen LogP contribution in [0, 0.1) is 0 Å². The fourth-order valence-electron chi connectivity index (χ4n) is 2.62. The molecule has 0 atom stereocenters. The van der Waals surface area contributed by atoms with E-state index in [1.54, 1.807) is 0 Å². The fraction of sp³-hybridized carbons (Fsp3) is 0. The lowest BCUT2D eigenvalue weighted by Crippen LogP contribution is -2.21. The van der Waals surface area contributed by atoms with Gasteiger partial charge < -0.3 is 10.2 Å². The molecule has 96 valence electrons. The van der Waals surface area contributed by atoms with Crippen molar-refractivity contribution in [3.05, 3.63) is 66.9 Å². The molecular formula is C17H13N2O+. The van der Waals surface area contributed by atoms with Gasteiger partial charge in [-0.25, -0.2) is 0 Å². The molecule has 2 N–H and O–H groups in total. The summed E-state index contributed by atoms with van der Waals surface area (Å²) >= 11 is 0. The Morgan fingerprint density at radius 3 is 2.45 bits per heavy atom. The molecule has 20 heavy (non-hydrogen) atoms. The van der Waals surface area contributed by atoms with Crippen LogP contribution in [0.15, 0.2) is 71.3 Å². The minimum Gasteiger partial charge on any atom is -0.381 e. The van der Waals surface area contributed by atoms with Crippen molar-refractivity contribution in [1.82, 2.24) is 0 Å². The second-order valence-electron chi connectivity index (χ2n) is 4.76. The van der Waals surface area contributed by atoms with Crippen molar-refractivity contribution in [2.24, 2.45) is 0 Å². The number of pyridine rings is 1. The molecule has 0 spiro atoms. The van der Waals surface area contributed by atoms with Crippen LogP contribution in [0.5, 0.6) is 0 Å². The number of benzene rings is 2. The van der Waals surface area contributed by atoms with Crippen molar-refractivity contribution in [3.63, 3.8) is 0 Å². The van der Waals surface area contributed by atoms with Crippen LogP contribution in [0.4, 0.5) is 5.88 Å². The molecule has 2 heterocycles. The van der Waals surface area contributed by atoms with Gasteiger partial charge in [0, 0.05) is 6.07 Å². The summed E-state index contributed by atoms with van der Waals surface area (Å²) in [6.45, 7) is 0. The zero-order chi connectivity index (χ0) is 13.5. The number of fused-ring (bicyclic) bond motifs is 3. The summed E-state index contributed by atoms with van der Waals surface area (Å²) in [5.41, 5.74) is 8.02. The molecule has 0 amide bonds. The first-order valence-corrected chi connectivity index (χ1v) is 6.51. The molecule has 0 aliphatic rings. The first kappa shape index (κ1) is 11.1. The van der Waals surface area contributed by atoms with Crippen molar-refractivity contribution in [1.29, 1.82) is 0 Å². The maximum absolute atomic E-state index is 6.09. The molecule has 0 bridgehead atoms. The first-order chi connectivity index (χ1) is 9.84. The predicted octanol–water partition coefficient (Wildman–Crippen LogP) is 3.42. The van der Waals surface area contributed by atoms with Gasteiger partial charge in [0.25, 0.3) is 11.4 Å². The lowest BCUT2D eigenvalue weighted by atomic mass is 10.1. The van der Waals surface area contributed by atoms with E-state index in [1.807, 2.05) is 53.1 Å². The molecule has 0 radical (unpaired) electrons. The van der Waals surface area contributed by atoms with Crippen LogP contribution in [-0.2, 0) is 0 Å². The minimum absolute atomic E-state index is 0.445. The minimum atomic E-state index is 0.445. The Labute approximate surface area is 115 Å². The van der Waals surface area contributed by atoms with Crippen molar-refractivity contribution in [2.45, 2.75) is 0 Å². The van der Waals surface area contributed by atoms with Gasteiger partial charge in [0.1, 0.15) is 0 Å². The topological polar surface area (TPSA) is 43.3 Å². The first-order valence-electron chi connectivity index (χ1n) is 6.51. The molecular weight excluding hydrogens is 248 g/mol. The van der Waals surface area contributed by atoms with E-state index in [4.69, 9.17) is 10.2 Å². The standard InChI is InChI=1S/C17H13N2O/c18-16-15-14-9-5-4-6-12(14)10-11-19(15)17(20-16)13-7-2-1-3-8-13/h1-11H,18H2/q+1. The number of oxazole rings is 1. The van der Waals surface area contributed by atoms with E-state index in [-0.39, 0.29) is 0 Å². The van der Waals surface area contributed by atoms with Crippen LogP contribution in [-0.4, -0.2) is 0 Å². The van der Waals surface area contributed by atoms with E-state index in [2.05, 4.69) is 18.2 Å². The molecule has 0 aliphatic heterocycles. The quantitative estimate of drug-likeness (QED) is 0.533. The largest absolute Gasteiger partial charge is 0.388 e. The van der Waals surface area contributed by atoms with Crippen molar-refractivity contribution >= 4 is 22.2 Å². The van der Waals surface area contributed by atoms with Gasteiger partial charge >= 0.3 is 5.89 Å². The molecule has 0 saturated carbocycles. The van der Waals surface area contributed by atoms with E-state index in [1.165, 1.54) is 0 Å². The molecule has 2 aromatic carbocycles. The van der Waals surface area contributed by atoms with Crippen molar-refractivity contribution in [2.75, 3.05) is 5.73 Å². The smallest absolute Gasteiger partial charge is 0.381 e. The van der Waals surface area contributed by atoms with Crippen molar-refractivity contribution < 1.29 is 8.82 Å². The Morgan fingerprint density at radius 2 is 1.60 bits per heavy atom. The zero-order valence-electron chi connectivity index (χ0n) is 10.8. The Kier molecular flexibility index (Phi) is 2.27. The maximum atomic E-state index is 6.09. The third kappa shape index (κ3) is 1.50. The number of nitrogens with zero attached hydrogens (tertiary/aromatic N) is 1. The van der Waals surface area contributed by atoms with Gasteiger partial charge in [0.2, 0.25) is 0 Å². The van der Waals surface area contributed by atoms with Gasteiger partial charge in [0.15, 0.2) is 6.20 Å². The molecule has 4 rings (SSSR count). The number of nitrogens with two attached hydrogens (primary N) is 1. The molecule has 0 unspecified atom stereocenters. The highest BCUT2D eigenvalue weighted by Gasteiger charge is 2.23. The fourth-order valence-corrected chi connectivity index (χ4v) is 2.62. The second kappa shape index (κ2) is 4.10. The van der Waals surface area contributed by atoms with Gasteiger partial charge in [-0.1, -0.05) is 36.4 Å². The Bertz CT molecular complexity index is 910. The molecule has 0 saturated heterocycles. The van der Waals surface area contributed by atoms with Crippen LogP contribution in [0.2, 0.25) is 0 Å². The summed E-state index contributed by atoms with van der Waals surface area (Å²) in [5, 5.41) is 2.25. The average Bonchev–Trinajstić information content (AvgIpc) is 2.86. The molecule has 3 nitrogen and oxygen atoms in total. The van der Waals surface area contributed by atoms with Crippen LogP contribution in [0.1, 0.15) is 0 Å². The van der Waals surface area contributed by atoms with E-state index in [0.717, 1.165) is 27.7 Å². The predicted molar refractivity (Wildman–Crippen MR) is 79.2 cm³/mol. The highest BCUT2D eigenvalue weighted by Crippen LogP contribution is 2.27. The van der Waals surface area contributed by atoms with Gasteiger partial charge in [-0.2, -0.15) is 0 Å². The SMILES string of the molecule is Nc1oc(-c2ccccc2)[n+]2ccc3ccccc3c12. The summed E-state index contributed by atoms with van der Waals surface area (Å²) < 4.78 is 7.81. The monoisotopic (exact) mass is 261 g/mol. The number of aromatic nitrogens is 1. The third-order valence-electron chi connectivity index (χ3n) is 3.54. The molecule has 0 fully saturated rings. The number of hydrogen-bond donors (Lipinski definition) is 1. The number of anilines is 1. The van der Waals surface area contributed by atoms with Crippen LogP contribution < -0.4 is 10.1 Å². The molecule has 2 aromatic heterocycles. The van der Waals surface area contributed by atoms with Crippen LogP contribution in [0.3, 0.4) is 0 Å². The number of hydrogen-bond acceptors (Lipinski definition) is 2. The second-order valence-corrected chi connectivity index (χ2v) is 4.76. The van der Waals surface area contributed by atoms with Crippen LogP contribution >= 0.6 is 0 Å². The summed E-state index contributed by atoms with van der Waals surface area (Å²) in [6, 6.07) is 20.2. The number of nitrogen functional groups attached to an aromatic ring is 1. The Morgan fingerprint density at radius 1 is 0.850 bits per heavy atom. The normalized spacial score (nSPS) is 11.2. The lowest BCUT2D eigenvalue weighted by Gasteiger charge is -1.94. The highest BCUT2D eigenvalue weighted by atomic mass is 16.4. The average molecular weight is 261 g/mol. The van der Waals surface area contributed by atoms with E-state index in [0.29, 0.717) is 5.88 Å². The zero-order valence-corrected chi connectivity index (χ0v) is 10.8. The van der Waals surface area contributed by atoms with Crippen LogP contribution in [0.25, 0.3) is 27.7 Å². The van der Waals surface area contributed by atoms with E-state index < -0.39 is 0 Å². The lowest BCUT2D eigenvalue weighted by molar-refractivity contribution is -0.502. The van der Waals surface area contributed by atoms with Gasteiger partial charge in [-0.3, -0.25) is 0 Å². The van der Waals surface area contributed by atoms with Crippen molar-refractivity contribution in [3.8, 4) is 11.5 Å². The van der Waals surface area contributed by atoms with Gasteiger partial charge in [-0.15, -0.1) is 4.40 Å². The summed E-state index contributed by atoms with van der Waals surface area (Å²) in [5.74, 6) is 1.20. The van der Waals surface area contributed by atoms with E-state index in [9.17, 15) is 0 Å². The third-order valence-corrected chi connectivity index (χ3v) is 3.54. The van der Waals surface area contributed by atoms with Gasteiger partial charge in [0.05, 0.1) is 10.9 Å². The Balaban J connectivity index is 2.13. The molecule has 4 aromatic rings. The summed E-state index contributed by atoms with van der Waals surface area (Å²) in [6.07, 6.45) is 2.00. The summed E-state index contributed by atoms with van der Waals surface area (Å²) in [4.78, 5) is 0. The van der Waals surface area contributed by atoms with Gasteiger partial charge in [-0.05, 0) is 23.6 Å². The molecule has 0 aliphatic carbocycles. The summed E-state index contributed by atoms with van der Waals surface area (Å²) in [7, 11) is 0.